The second-order valence-corrected chi connectivity index (χ2v) is 9.15. The lowest BCUT2D eigenvalue weighted by atomic mass is 10.0. The van der Waals surface area contributed by atoms with Crippen LogP contribution in [0.1, 0.15) is 32.7 Å². The van der Waals surface area contributed by atoms with Crippen LogP contribution in [-0.2, 0) is 0 Å². The number of ether oxygens (including phenoxy) is 4. The normalized spacial score (nSPS) is 12.1. The molecule has 0 spiro atoms. The molecule has 244 valence electrons. The van der Waals surface area contributed by atoms with Gasteiger partial charge in [-0.2, -0.15) is 44.8 Å². The first-order valence-corrected chi connectivity index (χ1v) is 12.7. The van der Waals surface area contributed by atoms with Gasteiger partial charge in [0.25, 0.3) is 0 Å². The van der Waals surface area contributed by atoms with Gasteiger partial charge in [0, 0.05) is 6.07 Å². The topological polar surface area (TPSA) is 94.8 Å². The van der Waals surface area contributed by atoms with Crippen molar-refractivity contribution >= 4 is 11.9 Å². The van der Waals surface area contributed by atoms with Gasteiger partial charge in [-0.15, -0.1) is 0 Å². The number of nitriles is 1. The molecule has 0 N–H and O–H groups in total. The van der Waals surface area contributed by atoms with E-state index in [0.29, 0.717) is 5.56 Å². The second-order valence-electron chi connectivity index (χ2n) is 9.15. The second kappa shape index (κ2) is 13.8. The molecule has 0 radical (unpaired) electrons. The standard InChI is InChI=1S/C30H20F9NO6/c1-2-14-44-24-16-22(43-15-13-27(31,32)28(33,34)29(35,36)30(37,38)39)11-12-23(24)26(42)46-21-9-5-19(6-10-21)25(41)45-20-7-3-18(17-40)4-8-20/h2-12,16H,1,13-15H2. The highest BCUT2D eigenvalue weighted by Gasteiger charge is 2.81. The molecule has 0 saturated heterocycles. The molecule has 0 bridgehead atoms. The molecule has 3 rings (SSSR count). The number of benzene rings is 3. The van der Waals surface area contributed by atoms with Crippen molar-refractivity contribution in [2.45, 2.75) is 30.4 Å². The van der Waals surface area contributed by atoms with Crippen LogP contribution in [-0.4, -0.2) is 49.1 Å². The van der Waals surface area contributed by atoms with E-state index < -0.39 is 54.7 Å². The van der Waals surface area contributed by atoms with Gasteiger partial charge in [-0.3, -0.25) is 0 Å². The van der Waals surface area contributed by atoms with Crippen LogP contribution in [0, 0.1) is 11.3 Å². The predicted octanol–water partition coefficient (Wildman–Crippen LogP) is 7.80. The molecule has 0 unspecified atom stereocenters. The lowest BCUT2D eigenvalue weighted by Crippen LogP contribution is -2.61. The monoisotopic (exact) mass is 661 g/mol. The first kappa shape index (κ1) is 35.3. The predicted molar refractivity (Wildman–Crippen MR) is 141 cm³/mol. The van der Waals surface area contributed by atoms with E-state index >= 15 is 0 Å². The largest absolute Gasteiger partial charge is 0.493 e. The van der Waals surface area contributed by atoms with E-state index in [0.717, 1.165) is 18.2 Å². The Bertz CT molecular complexity index is 1600. The highest BCUT2D eigenvalue weighted by Crippen LogP contribution is 2.54. The van der Waals surface area contributed by atoms with E-state index in [1.54, 1.807) is 0 Å². The maximum atomic E-state index is 13.8. The Labute approximate surface area is 254 Å². The fourth-order valence-corrected chi connectivity index (χ4v) is 3.48. The molecule has 0 aliphatic carbocycles. The summed E-state index contributed by atoms with van der Waals surface area (Å²) in [5.41, 5.74) is 0.169. The number of carbonyl (C=O) groups excluding carboxylic acids is 2. The van der Waals surface area contributed by atoms with E-state index in [-0.39, 0.29) is 35.0 Å². The smallest absolute Gasteiger partial charge is 0.460 e. The van der Waals surface area contributed by atoms with Crippen LogP contribution in [0.3, 0.4) is 0 Å². The van der Waals surface area contributed by atoms with E-state index in [4.69, 9.17) is 24.2 Å². The van der Waals surface area contributed by atoms with Crippen LogP contribution in [0.15, 0.2) is 79.4 Å². The van der Waals surface area contributed by atoms with Gasteiger partial charge >= 0.3 is 35.9 Å². The fourth-order valence-electron chi connectivity index (χ4n) is 3.48. The summed E-state index contributed by atoms with van der Waals surface area (Å²) < 4.78 is 138. The summed E-state index contributed by atoms with van der Waals surface area (Å²) in [4.78, 5) is 25.2. The summed E-state index contributed by atoms with van der Waals surface area (Å²) in [5, 5.41) is 8.83. The number of halogens is 9. The molecule has 3 aromatic carbocycles. The highest BCUT2D eigenvalue weighted by molar-refractivity contribution is 5.95. The molecule has 3 aromatic rings. The van der Waals surface area contributed by atoms with Crippen molar-refractivity contribution < 1.29 is 68.1 Å². The van der Waals surface area contributed by atoms with Crippen LogP contribution in [0.2, 0.25) is 0 Å². The van der Waals surface area contributed by atoms with E-state index in [9.17, 15) is 49.1 Å². The summed E-state index contributed by atoms with van der Waals surface area (Å²) in [6.45, 7) is 1.77. The molecule has 7 nitrogen and oxygen atoms in total. The van der Waals surface area contributed by atoms with Crippen molar-refractivity contribution in [1.82, 2.24) is 0 Å². The molecule has 0 amide bonds. The third kappa shape index (κ3) is 7.89. The van der Waals surface area contributed by atoms with Crippen molar-refractivity contribution in [2.24, 2.45) is 0 Å². The van der Waals surface area contributed by atoms with Crippen molar-refractivity contribution in [3.05, 3.63) is 96.1 Å². The average molecular weight is 661 g/mol. The van der Waals surface area contributed by atoms with Crippen LogP contribution in [0.4, 0.5) is 39.5 Å². The Morgan fingerprint density at radius 2 is 1.28 bits per heavy atom. The minimum absolute atomic E-state index is 0.0475. The zero-order valence-electron chi connectivity index (χ0n) is 23.1. The minimum atomic E-state index is -7.02. The molecule has 0 fully saturated rings. The number of rotatable bonds is 13. The van der Waals surface area contributed by atoms with Crippen LogP contribution < -0.4 is 18.9 Å². The fraction of sp³-hybridized carbons (Fsp3) is 0.233. The third-order valence-electron chi connectivity index (χ3n) is 5.92. The lowest BCUT2D eigenvalue weighted by Gasteiger charge is -2.33. The molecule has 0 aliphatic heterocycles. The quantitative estimate of drug-likeness (QED) is 0.0799. The Hall–Kier alpha value is -5.20. The number of carbonyl (C=O) groups is 2. The van der Waals surface area contributed by atoms with Gasteiger partial charge in [0.2, 0.25) is 0 Å². The van der Waals surface area contributed by atoms with E-state index in [1.165, 1.54) is 54.6 Å². The molecule has 0 aromatic heterocycles. The molecule has 0 saturated carbocycles. The molecule has 0 aliphatic rings. The summed E-state index contributed by atoms with van der Waals surface area (Å²) in [5.74, 6) is -22.0. The SMILES string of the molecule is C=CCOc1cc(OCCC(F)(F)C(F)(F)C(F)(F)C(F)(F)F)ccc1C(=O)Oc1ccc(C(=O)Oc2ccc(C#N)cc2)cc1. The molecular formula is C30H20F9NO6. The zero-order chi connectivity index (χ0) is 34.3. The van der Waals surface area contributed by atoms with Crippen LogP contribution >= 0.6 is 0 Å². The highest BCUT2D eigenvalue weighted by atomic mass is 19.4. The van der Waals surface area contributed by atoms with Gasteiger partial charge in [-0.25, -0.2) is 9.59 Å². The number of hydrogen-bond donors (Lipinski definition) is 0. The number of nitrogens with zero attached hydrogens (tertiary/aromatic N) is 1. The van der Waals surface area contributed by atoms with Gasteiger partial charge in [0.05, 0.1) is 30.2 Å². The third-order valence-corrected chi connectivity index (χ3v) is 5.92. The van der Waals surface area contributed by atoms with Crippen LogP contribution in [0.25, 0.3) is 0 Å². The van der Waals surface area contributed by atoms with Gasteiger partial charge in [-0.05, 0) is 60.7 Å². The Morgan fingerprint density at radius 3 is 1.83 bits per heavy atom. The van der Waals surface area contributed by atoms with Gasteiger partial charge in [-0.1, -0.05) is 12.7 Å². The summed E-state index contributed by atoms with van der Waals surface area (Å²) in [7, 11) is 0. The van der Waals surface area contributed by atoms with Gasteiger partial charge in [0.15, 0.2) is 0 Å². The summed E-state index contributed by atoms with van der Waals surface area (Å²) in [6.07, 6.45) is -7.92. The lowest BCUT2D eigenvalue weighted by molar-refractivity contribution is -0.397. The summed E-state index contributed by atoms with van der Waals surface area (Å²) in [6, 6.07) is 15.7. The number of esters is 2. The first-order chi connectivity index (χ1) is 21.4. The summed E-state index contributed by atoms with van der Waals surface area (Å²) >= 11 is 0. The van der Waals surface area contributed by atoms with Gasteiger partial charge < -0.3 is 18.9 Å². The molecule has 16 heteroatoms. The zero-order valence-corrected chi connectivity index (χ0v) is 23.1. The van der Waals surface area contributed by atoms with Crippen molar-refractivity contribution in [1.29, 1.82) is 5.26 Å². The van der Waals surface area contributed by atoms with Crippen LogP contribution in [0.5, 0.6) is 23.0 Å². The molecular weight excluding hydrogens is 641 g/mol. The van der Waals surface area contributed by atoms with Crippen molar-refractivity contribution in [3.63, 3.8) is 0 Å². The van der Waals surface area contributed by atoms with Crippen molar-refractivity contribution in [2.75, 3.05) is 13.2 Å². The average Bonchev–Trinajstić information content (AvgIpc) is 3.00. The van der Waals surface area contributed by atoms with Crippen molar-refractivity contribution in [3.8, 4) is 29.1 Å². The Kier molecular flexibility index (Phi) is 10.6. The minimum Gasteiger partial charge on any atom is -0.493 e. The Morgan fingerprint density at radius 1 is 0.739 bits per heavy atom. The van der Waals surface area contributed by atoms with Gasteiger partial charge in [0.1, 0.15) is 35.2 Å². The number of alkyl halides is 9. The van der Waals surface area contributed by atoms with E-state index in [2.05, 4.69) is 6.58 Å². The number of hydrogen-bond acceptors (Lipinski definition) is 7. The maximum Gasteiger partial charge on any atom is 0.460 e. The molecule has 0 atom stereocenters. The molecule has 46 heavy (non-hydrogen) atoms. The maximum absolute atomic E-state index is 13.8. The molecule has 0 heterocycles. The van der Waals surface area contributed by atoms with E-state index in [1.807, 2.05) is 6.07 Å². The Balaban J connectivity index is 1.68. The first-order valence-electron chi connectivity index (χ1n) is 12.7.